The minimum Gasteiger partial charge on any atom is -0.255 e. The highest BCUT2D eigenvalue weighted by Gasteiger charge is 2.36. The number of carbonyl (C=O) groups excluding carboxylic acids is 2. The molecule has 1 aromatic rings. The van der Waals surface area contributed by atoms with Gasteiger partial charge in [0.1, 0.15) is 5.36 Å². The largest absolute Gasteiger partial charge is 0.480 e. The number of hydrogen-bond acceptors (Lipinski definition) is 2. The Morgan fingerprint density at radius 2 is 1.84 bits per heavy atom. The van der Waals surface area contributed by atoms with Crippen LogP contribution in [0.4, 0.5) is 13.2 Å². The van der Waals surface area contributed by atoms with Crippen molar-refractivity contribution in [3.05, 3.63) is 34.5 Å². The van der Waals surface area contributed by atoms with E-state index >= 15 is 0 Å². The number of carbonyl (C=O) groups is 2. The first-order chi connectivity index (χ1) is 8.71. The molecule has 1 aliphatic rings. The minimum atomic E-state index is -4.52. The van der Waals surface area contributed by atoms with E-state index in [1.807, 2.05) is 0 Å². The second-order valence-corrected chi connectivity index (χ2v) is 4.39. The molecule has 2 rings (SSSR count). The Kier molecular flexibility index (Phi) is 3.00. The molecule has 0 saturated carbocycles. The summed E-state index contributed by atoms with van der Waals surface area (Å²) in [6.45, 7) is 3.33. The molecule has 1 aliphatic heterocycles. The first kappa shape index (κ1) is 13.4. The smallest absolute Gasteiger partial charge is 0.255 e. The molecule has 0 saturated heterocycles. The molecule has 100 valence electrons. The second-order valence-electron chi connectivity index (χ2n) is 4.39. The standard InChI is InChI=1S/C12H10F3N2O2/c1-6(2)17-9-4-3-7(12(13,14)15)5-8(9)16-10(18)11(17)19/h3-6H,1-2H3/q+1. The van der Waals surface area contributed by atoms with Crippen molar-refractivity contribution in [2.24, 2.45) is 4.99 Å². The summed E-state index contributed by atoms with van der Waals surface area (Å²) in [6.07, 6.45) is -4.52. The molecule has 0 radical (unpaired) electrons. The van der Waals surface area contributed by atoms with E-state index in [9.17, 15) is 22.8 Å². The van der Waals surface area contributed by atoms with Crippen molar-refractivity contribution in [2.75, 3.05) is 0 Å². The Morgan fingerprint density at radius 3 is 2.37 bits per heavy atom. The van der Waals surface area contributed by atoms with Crippen LogP contribution in [0.5, 0.6) is 0 Å². The van der Waals surface area contributed by atoms with Crippen LogP contribution in [0.3, 0.4) is 0 Å². The summed E-state index contributed by atoms with van der Waals surface area (Å²) >= 11 is 0. The topological polar surface area (TPSA) is 49.5 Å². The third-order valence-electron chi connectivity index (χ3n) is 2.70. The lowest BCUT2D eigenvalue weighted by atomic mass is 10.1. The Labute approximate surface area is 105 Å². The number of alkyl halides is 3. The van der Waals surface area contributed by atoms with E-state index < -0.39 is 23.6 Å². The van der Waals surface area contributed by atoms with Crippen molar-refractivity contribution in [3.8, 4) is 0 Å². The fraction of sp³-hybridized carbons (Fsp3) is 0.333. The Balaban J connectivity index is 2.83. The van der Waals surface area contributed by atoms with Crippen LogP contribution in [0.15, 0.2) is 23.2 Å². The van der Waals surface area contributed by atoms with Crippen molar-refractivity contribution < 1.29 is 22.8 Å². The van der Waals surface area contributed by atoms with E-state index in [1.54, 1.807) is 13.8 Å². The maximum Gasteiger partial charge on any atom is 0.480 e. The van der Waals surface area contributed by atoms with Crippen LogP contribution in [0.1, 0.15) is 19.4 Å². The van der Waals surface area contributed by atoms with E-state index in [-0.39, 0.29) is 16.8 Å². The summed E-state index contributed by atoms with van der Waals surface area (Å²) in [7, 11) is 0. The van der Waals surface area contributed by atoms with E-state index in [2.05, 4.69) is 4.99 Å². The summed E-state index contributed by atoms with van der Waals surface area (Å²) < 4.78 is 38.9. The quantitative estimate of drug-likeness (QED) is 0.544. The fourth-order valence-electron chi connectivity index (χ4n) is 1.88. The van der Waals surface area contributed by atoms with Gasteiger partial charge in [-0.25, -0.2) is 4.79 Å². The van der Waals surface area contributed by atoms with Gasteiger partial charge in [-0.2, -0.15) is 18.2 Å². The molecule has 2 amide bonds. The van der Waals surface area contributed by atoms with Crippen LogP contribution in [-0.4, -0.2) is 17.9 Å². The molecule has 1 aromatic carbocycles. The molecule has 0 spiro atoms. The molecular formula is C12H10F3N2O2+. The summed E-state index contributed by atoms with van der Waals surface area (Å²) in [5.74, 6) is -1.89. The van der Waals surface area contributed by atoms with Gasteiger partial charge in [-0.1, -0.05) is 0 Å². The molecule has 1 heterocycles. The van der Waals surface area contributed by atoms with E-state index in [4.69, 9.17) is 0 Å². The molecule has 0 atom stereocenters. The predicted octanol–water partition coefficient (Wildman–Crippen LogP) is 0.291. The number of halogens is 3. The zero-order chi connectivity index (χ0) is 14.4. The number of benzene rings is 1. The Morgan fingerprint density at radius 1 is 1.21 bits per heavy atom. The SMILES string of the molecule is CC(C)[N+]1=c2ccc(C(F)(F)F)cc2=NC(=O)C1=O. The molecule has 7 heteroatoms. The highest BCUT2D eigenvalue weighted by atomic mass is 19.4. The van der Waals surface area contributed by atoms with Crippen molar-refractivity contribution in [2.45, 2.75) is 26.1 Å². The summed E-state index contributed by atoms with van der Waals surface area (Å²) in [4.78, 5) is 26.5. The zero-order valence-electron chi connectivity index (χ0n) is 10.2. The number of fused-ring (bicyclic) bond motifs is 1. The lowest BCUT2D eigenvalue weighted by Crippen LogP contribution is -2.53. The normalized spacial score (nSPS) is 15.6. The van der Waals surface area contributed by atoms with E-state index in [0.717, 1.165) is 22.8 Å². The summed E-state index contributed by atoms with van der Waals surface area (Å²) in [5.41, 5.74) is -0.902. The molecule has 4 nitrogen and oxygen atoms in total. The molecule has 0 unspecified atom stereocenters. The van der Waals surface area contributed by atoms with Crippen molar-refractivity contribution >= 4 is 11.8 Å². The van der Waals surface area contributed by atoms with Gasteiger partial charge in [-0.3, -0.25) is 4.79 Å². The second kappa shape index (κ2) is 4.25. The molecule has 0 fully saturated rings. The van der Waals surface area contributed by atoms with Crippen LogP contribution in [0.2, 0.25) is 0 Å². The average molecular weight is 271 g/mol. The number of rotatable bonds is 1. The van der Waals surface area contributed by atoms with Gasteiger partial charge in [-0.05, 0) is 26.0 Å². The average Bonchev–Trinajstić information content (AvgIpc) is 2.28. The Hall–Kier alpha value is -2.05. The molecule has 0 N–H and O–H groups in total. The number of hydrogen-bond donors (Lipinski definition) is 0. The van der Waals surface area contributed by atoms with Gasteiger partial charge in [0.25, 0.3) is 0 Å². The first-order valence-corrected chi connectivity index (χ1v) is 5.52. The van der Waals surface area contributed by atoms with Crippen LogP contribution < -0.4 is 15.3 Å². The van der Waals surface area contributed by atoms with Gasteiger partial charge in [0.2, 0.25) is 5.36 Å². The lowest BCUT2D eigenvalue weighted by molar-refractivity contribution is -0.139. The van der Waals surface area contributed by atoms with Crippen molar-refractivity contribution in [1.82, 2.24) is 4.58 Å². The summed E-state index contributed by atoms with van der Waals surface area (Å²) in [5, 5.41) is 0.0840. The molecule has 0 aromatic heterocycles. The van der Waals surface area contributed by atoms with Gasteiger partial charge < -0.3 is 0 Å². The van der Waals surface area contributed by atoms with Crippen molar-refractivity contribution in [3.63, 3.8) is 0 Å². The Bertz CT molecular complexity index is 690. The van der Waals surface area contributed by atoms with Gasteiger partial charge >= 0.3 is 18.0 Å². The van der Waals surface area contributed by atoms with Gasteiger partial charge in [0.05, 0.1) is 5.56 Å². The lowest BCUT2D eigenvalue weighted by Gasteiger charge is -2.08. The van der Waals surface area contributed by atoms with Crippen molar-refractivity contribution in [1.29, 1.82) is 0 Å². The minimum absolute atomic E-state index is 0.131. The zero-order valence-corrected chi connectivity index (χ0v) is 10.2. The maximum absolute atomic E-state index is 12.6. The fourth-order valence-corrected chi connectivity index (χ4v) is 1.88. The van der Waals surface area contributed by atoms with Gasteiger partial charge in [0.15, 0.2) is 6.04 Å². The highest BCUT2D eigenvalue weighted by molar-refractivity contribution is 6.36. The van der Waals surface area contributed by atoms with E-state index in [1.165, 1.54) is 0 Å². The first-order valence-electron chi connectivity index (χ1n) is 5.52. The monoisotopic (exact) mass is 271 g/mol. The number of amides is 2. The van der Waals surface area contributed by atoms with E-state index in [0.29, 0.717) is 0 Å². The maximum atomic E-state index is 12.6. The summed E-state index contributed by atoms with van der Waals surface area (Å²) in [6, 6.07) is 2.45. The van der Waals surface area contributed by atoms with Gasteiger partial charge in [-0.15, -0.1) is 4.58 Å². The predicted molar refractivity (Wildman–Crippen MR) is 58.6 cm³/mol. The van der Waals surface area contributed by atoms with Crippen LogP contribution in [0.25, 0.3) is 0 Å². The molecule has 19 heavy (non-hydrogen) atoms. The highest BCUT2D eigenvalue weighted by Crippen LogP contribution is 2.27. The molecular weight excluding hydrogens is 261 g/mol. The van der Waals surface area contributed by atoms with Crippen LogP contribution in [-0.2, 0) is 15.8 Å². The third-order valence-corrected chi connectivity index (χ3v) is 2.70. The third kappa shape index (κ3) is 2.27. The number of nitrogens with zero attached hydrogens (tertiary/aromatic N) is 2. The van der Waals surface area contributed by atoms with Gasteiger partial charge in [0, 0.05) is 6.07 Å². The van der Waals surface area contributed by atoms with Crippen LogP contribution >= 0.6 is 0 Å². The molecule has 0 aliphatic carbocycles. The van der Waals surface area contributed by atoms with Crippen LogP contribution in [0, 0.1) is 0 Å². The molecule has 0 bridgehead atoms.